The first-order chi connectivity index (χ1) is 9.78. The molecule has 0 aliphatic carbocycles. The van der Waals surface area contributed by atoms with Crippen molar-refractivity contribution in [1.82, 2.24) is 5.32 Å². The van der Waals surface area contributed by atoms with Gasteiger partial charge in [0.05, 0.1) is 27.4 Å². The molecule has 1 aliphatic rings. The van der Waals surface area contributed by atoms with Gasteiger partial charge in [-0.2, -0.15) is 0 Å². The van der Waals surface area contributed by atoms with Gasteiger partial charge in [0.25, 0.3) is 11.4 Å². The standard InChI is InChI=1S/C11H13N3O6S/c15-13(16)10-2-1-9(11(3-10)14(17)18)7-21(19,20)6-8-4-12-5-8/h1-3,8,12H,4-7H2. The third kappa shape index (κ3) is 3.73. The summed E-state index contributed by atoms with van der Waals surface area (Å²) in [5, 5.41) is 24.5. The predicted molar refractivity (Wildman–Crippen MR) is 73.6 cm³/mol. The van der Waals surface area contributed by atoms with E-state index in [1.54, 1.807) is 0 Å². The van der Waals surface area contributed by atoms with Gasteiger partial charge in [-0.3, -0.25) is 20.2 Å². The summed E-state index contributed by atoms with van der Waals surface area (Å²) < 4.78 is 24.0. The lowest BCUT2D eigenvalue weighted by molar-refractivity contribution is -0.394. The van der Waals surface area contributed by atoms with Crippen LogP contribution in [0.2, 0.25) is 0 Å². The average molecular weight is 315 g/mol. The monoisotopic (exact) mass is 315 g/mol. The zero-order valence-corrected chi connectivity index (χ0v) is 11.7. The third-order valence-corrected chi connectivity index (χ3v) is 4.94. The highest BCUT2D eigenvalue weighted by atomic mass is 32.2. The van der Waals surface area contributed by atoms with Gasteiger partial charge >= 0.3 is 0 Å². The minimum atomic E-state index is -3.50. The topological polar surface area (TPSA) is 132 Å². The van der Waals surface area contributed by atoms with Crippen LogP contribution in [-0.2, 0) is 15.6 Å². The van der Waals surface area contributed by atoms with E-state index in [2.05, 4.69) is 5.32 Å². The van der Waals surface area contributed by atoms with Gasteiger partial charge in [-0.25, -0.2) is 8.42 Å². The molecule has 1 aromatic carbocycles. The Balaban J connectivity index is 2.26. The summed E-state index contributed by atoms with van der Waals surface area (Å²) in [4.78, 5) is 20.0. The van der Waals surface area contributed by atoms with Gasteiger partial charge in [-0.05, 0) is 12.0 Å². The van der Waals surface area contributed by atoms with E-state index in [-0.39, 0.29) is 17.2 Å². The fourth-order valence-corrected chi connectivity index (χ4v) is 3.87. The molecule has 2 rings (SSSR count). The van der Waals surface area contributed by atoms with Crippen molar-refractivity contribution in [1.29, 1.82) is 0 Å². The molecule has 114 valence electrons. The SMILES string of the molecule is O=[N+]([O-])c1ccc(CS(=O)(=O)CC2CNC2)c([N+](=O)[O-])c1. The smallest absolute Gasteiger partial charge is 0.280 e. The van der Waals surface area contributed by atoms with Gasteiger partial charge in [0, 0.05) is 24.7 Å². The molecule has 1 aliphatic heterocycles. The zero-order chi connectivity index (χ0) is 15.6. The lowest BCUT2D eigenvalue weighted by Crippen LogP contribution is -2.45. The molecule has 0 saturated carbocycles. The van der Waals surface area contributed by atoms with Crippen LogP contribution < -0.4 is 5.32 Å². The van der Waals surface area contributed by atoms with Gasteiger partial charge in [0.2, 0.25) is 0 Å². The maximum Gasteiger partial charge on any atom is 0.280 e. The first kappa shape index (κ1) is 15.3. The molecule has 1 heterocycles. The van der Waals surface area contributed by atoms with Gasteiger partial charge in [-0.15, -0.1) is 0 Å². The van der Waals surface area contributed by atoms with Crippen molar-refractivity contribution in [2.75, 3.05) is 18.8 Å². The minimum Gasteiger partial charge on any atom is -0.316 e. The number of sulfone groups is 1. The molecule has 1 fully saturated rings. The van der Waals surface area contributed by atoms with E-state index in [0.717, 1.165) is 18.2 Å². The molecule has 0 amide bonds. The highest BCUT2D eigenvalue weighted by Gasteiger charge is 2.28. The first-order valence-electron chi connectivity index (χ1n) is 6.11. The number of nitro benzene ring substituents is 2. The maximum atomic E-state index is 12.0. The lowest BCUT2D eigenvalue weighted by atomic mass is 10.1. The van der Waals surface area contributed by atoms with Gasteiger partial charge in [-0.1, -0.05) is 0 Å². The molecule has 0 radical (unpaired) electrons. The minimum absolute atomic E-state index is 0.0205. The summed E-state index contributed by atoms with van der Waals surface area (Å²) in [7, 11) is -3.50. The Labute approximate surface area is 120 Å². The molecule has 21 heavy (non-hydrogen) atoms. The van der Waals surface area contributed by atoms with Crippen LogP contribution in [0.4, 0.5) is 11.4 Å². The van der Waals surface area contributed by atoms with Crippen LogP contribution in [0.15, 0.2) is 18.2 Å². The number of rotatable bonds is 6. The predicted octanol–water partition coefficient (Wildman–Crippen LogP) is 0.637. The van der Waals surface area contributed by atoms with Crippen molar-refractivity contribution in [3.63, 3.8) is 0 Å². The number of non-ortho nitro benzene ring substituents is 1. The van der Waals surface area contributed by atoms with E-state index >= 15 is 0 Å². The summed E-state index contributed by atoms with van der Waals surface area (Å²) >= 11 is 0. The van der Waals surface area contributed by atoms with Crippen molar-refractivity contribution in [3.8, 4) is 0 Å². The van der Waals surface area contributed by atoms with Gasteiger partial charge in [0.1, 0.15) is 0 Å². The summed E-state index contributed by atoms with van der Waals surface area (Å²) in [6.45, 7) is 1.23. The molecule has 1 aromatic rings. The van der Waals surface area contributed by atoms with Crippen molar-refractivity contribution in [2.24, 2.45) is 5.92 Å². The Kier molecular flexibility index (Phi) is 4.19. The molecular weight excluding hydrogens is 302 g/mol. The van der Waals surface area contributed by atoms with Crippen molar-refractivity contribution in [2.45, 2.75) is 5.75 Å². The second kappa shape index (κ2) is 5.74. The summed E-state index contributed by atoms with van der Waals surface area (Å²) in [6, 6.07) is 2.99. The van der Waals surface area contributed by atoms with Crippen LogP contribution in [-0.4, -0.2) is 37.1 Å². The average Bonchev–Trinajstić information content (AvgIpc) is 2.33. The first-order valence-corrected chi connectivity index (χ1v) is 7.93. The summed E-state index contributed by atoms with van der Waals surface area (Å²) in [6.07, 6.45) is 0. The number of hydrogen-bond donors (Lipinski definition) is 1. The number of nitrogens with one attached hydrogen (secondary N) is 1. The largest absolute Gasteiger partial charge is 0.316 e. The Hall–Kier alpha value is -2.07. The molecule has 0 unspecified atom stereocenters. The van der Waals surface area contributed by atoms with Crippen LogP contribution in [0, 0.1) is 26.1 Å². The zero-order valence-electron chi connectivity index (χ0n) is 10.9. The Morgan fingerprint density at radius 2 is 1.86 bits per heavy atom. The molecule has 9 nitrogen and oxygen atoms in total. The molecule has 0 atom stereocenters. The van der Waals surface area contributed by atoms with E-state index in [0.29, 0.717) is 13.1 Å². The fraction of sp³-hybridized carbons (Fsp3) is 0.455. The molecule has 0 bridgehead atoms. The molecule has 1 saturated heterocycles. The third-order valence-electron chi connectivity index (χ3n) is 3.21. The number of nitrogens with zero attached hydrogens (tertiary/aromatic N) is 2. The Morgan fingerprint density at radius 1 is 1.19 bits per heavy atom. The molecule has 0 aromatic heterocycles. The molecule has 10 heteroatoms. The van der Waals surface area contributed by atoms with Crippen molar-refractivity contribution >= 4 is 21.2 Å². The van der Waals surface area contributed by atoms with E-state index in [4.69, 9.17) is 0 Å². The van der Waals surface area contributed by atoms with Crippen LogP contribution >= 0.6 is 0 Å². The van der Waals surface area contributed by atoms with Crippen LogP contribution in [0.3, 0.4) is 0 Å². The van der Waals surface area contributed by atoms with Crippen LogP contribution in [0.25, 0.3) is 0 Å². The highest BCUT2D eigenvalue weighted by molar-refractivity contribution is 7.90. The number of hydrogen-bond acceptors (Lipinski definition) is 7. The van der Waals surface area contributed by atoms with Gasteiger partial charge in [0.15, 0.2) is 9.84 Å². The second-order valence-electron chi connectivity index (χ2n) is 4.91. The highest BCUT2D eigenvalue weighted by Crippen LogP contribution is 2.26. The van der Waals surface area contributed by atoms with Gasteiger partial charge < -0.3 is 5.32 Å². The van der Waals surface area contributed by atoms with Crippen molar-refractivity contribution in [3.05, 3.63) is 44.0 Å². The van der Waals surface area contributed by atoms with E-state index in [9.17, 15) is 28.6 Å². The molecule has 1 N–H and O–H groups in total. The summed E-state index contributed by atoms with van der Waals surface area (Å²) in [5.74, 6) is -0.515. The fourth-order valence-electron chi connectivity index (χ4n) is 2.08. The Bertz CT molecular complexity index is 683. The van der Waals surface area contributed by atoms with E-state index in [1.165, 1.54) is 0 Å². The van der Waals surface area contributed by atoms with E-state index < -0.39 is 36.8 Å². The van der Waals surface area contributed by atoms with E-state index in [1.807, 2.05) is 0 Å². The molecule has 0 spiro atoms. The number of nitro groups is 2. The summed E-state index contributed by atoms with van der Waals surface area (Å²) in [5.41, 5.74) is -1.01. The Morgan fingerprint density at radius 3 is 2.33 bits per heavy atom. The maximum absolute atomic E-state index is 12.0. The lowest BCUT2D eigenvalue weighted by Gasteiger charge is -2.26. The van der Waals surface area contributed by atoms with Crippen LogP contribution in [0.1, 0.15) is 5.56 Å². The van der Waals surface area contributed by atoms with Crippen molar-refractivity contribution < 1.29 is 18.3 Å². The molecular formula is C11H13N3O6S. The number of benzene rings is 1. The van der Waals surface area contributed by atoms with Crippen LogP contribution in [0.5, 0.6) is 0 Å². The second-order valence-corrected chi connectivity index (χ2v) is 7.02. The quantitative estimate of drug-likeness (QED) is 0.601. The normalized spacial score (nSPS) is 15.4.